The molecule has 2 amide bonds. The molecule has 128 valence electrons. The van der Waals surface area contributed by atoms with Crippen LogP contribution in [0.1, 0.15) is 23.2 Å². The molecule has 2 aromatic carbocycles. The average Bonchev–Trinajstić information content (AvgIpc) is 3.07. The predicted octanol–water partition coefficient (Wildman–Crippen LogP) is 2.90. The van der Waals surface area contributed by atoms with Crippen LogP contribution in [-0.4, -0.2) is 27.5 Å². The number of hydrogen-bond acceptors (Lipinski definition) is 4. The summed E-state index contributed by atoms with van der Waals surface area (Å²) in [6.45, 7) is 0. The fourth-order valence-electron chi connectivity index (χ4n) is 2.25. The maximum Gasteiger partial charge on any atom is 0.269 e. The number of benzene rings is 2. The molecule has 1 heterocycles. The van der Waals surface area contributed by atoms with E-state index in [1.807, 2.05) is 30.3 Å². The number of fused-ring (bicyclic) bond motifs is 1. The van der Waals surface area contributed by atoms with Gasteiger partial charge in [0.05, 0.1) is 11.0 Å². The Labute approximate surface area is 149 Å². The number of nitrogens with one attached hydrogen (secondary N) is 3. The van der Waals surface area contributed by atoms with Gasteiger partial charge in [-0.2, -0.15) is 0 Å². The van der Waals surface area contributed by atoms with E-state index in [4.69, 9.17) is 0 Å². The maximum absolute atomic E-state index is 11.8. The third kappa shape index (κ3) is 4.84. The lowest BCUT2D eigenvalue weighted by atomic mass is 10.2. The molecule has 0 saturated heterocycles. The van der Waals surface area contributed by atoms with Gasteiger partial charge >= 0.3 is 0 Å². The van der Waals surface area contributed by atoms with Gasteiger partial charge in [-0.15, -0.1) is 0 Å². The second-order valence-corrected chi connectivity index (χ2v) is 6.46. The predicted molar refractivity (Wildman–Crippen MR) is 98.1 cm³/mol. The van der Waals surface area contributed by atoms with Crippen LogP contribution in [0, 0.1) is 0 Å². The van der Waals surface area contributed by atoms with Crippen LogP contribution in [0.4, 0.5) is 0 Å². The molecular weight excluding hydrogens is 336 g/mol. The first-order chi connectivity index (χ1) is 12.2. The topological polar surface area (TPSA) is 86.9 Å². The van der Waals surface area contributed by atoms with Crippen LogP contribution in [-0.2, 0) is 4.79 Å². The van der Waals surface area contributed by atoms with Gasteiger partial charge in [-0.05, 0) is 30.7 Å². The number of para-hydroxylation sites is 2. The van der Waals surface area contributed by atoms with Crippen LogP contribution in [0.2, 0.25) is 0 Å². The second kappa shape index (κ2) is 8.34. The number of rotatable bonds is 6. The second-order valence-electron chi connectivity index (χ2n) is 5.38. The number of H-pyrrole nitrogens is 1. The lowest BCUT2D eigenvalue weighted by molar-refractivity contribution is -0.121. The standard InChI is InChI=1S/C18H18N4O2S/c23-16(21-22-17(24)13-7-2-1-3-8-13)11-6-12-25-18-19-14-9-4-5-10-15(14)20-18/h1-5,7-10H,6,11-12H2,(H,19,20)(H,21,23)(H,22,24). The Bertz CT molecular complexity index is 831. The summed E-state index contributed by atoms with van der Waals surface area (Å²) in [6, 6.07) is 16.6. The van der Waals surface area contributed by atoms with Gasteiger partial charge in [-0.1, -0.05) is 42.1 Å². The van der Waals surface area contributed by atoms with Crippen molar-refractivity contribution in [3.63, 3.8) is 0 Å². The quantitative estimate of drug-likeness (QED) is 0.361. The fraction of sp³-hybridized carbons (Fsp3) is 0.167. The number of carbonyl (C=O) groups is 2. The van der Waals surface area contributed by atoms with Crippen molar-refractivity contribution in [2.24, 2.45) is 0 Å². The van der Waals surface area contributed by atoms with Crippen molar-refractivity contribution in [2.75, 3.05) is 5.75 Å². The smallest absolute Gasteiger partial charge is 0.269 e. The fourth-order valence-corrected chi connectivity index (χ4v) is 3.08. The molecule has 0 aliphatic heterocycles. The van der Waals surface area contributed by atoms with E-state index in [1.54, 1.807) is 36.0 Å². The van der Waals surface area contributed by atoms with Crippen molar-refractivity contribution in [3.05, 3.63) is 60.2 Å². The Morgan fingerprint density at radius 1 is 1.00 bits per heavy atom. The first-order valence-corrected chi connectivity index (χ1v) is 8.93. The van der Waals surface area contributed by atoms with Gasteiger partial charge in [-0.3, -0.25) is 20.4 Å². The van der Waals surface area contributed by atoms with E-state index in [2.05, 4.69) is 20.8 Å². The van der Waals surface area contributed by atoms with Crippen molar-refractivity contribution >= 4 is 34.6 Å². The molecule has 0 spiro atoms. The molecule has 0 aliphatic rings. The summed E-state index contributed by atoms with van der Waals surface area (Å²) in [5.74, 6) is 0.222. The molecule has 0 atom stereocenters. The summed E-state index contributed by atoms with van der Waals surface area (Å²) in [5, 5.41) is 0.846. The van der Waals surface area contributed by atoms with E-state index in [0.717, 1.165) is 21.9 Å². The van der Waals surface area contributed by atoms with Gasteiger partial charge < -0.3 is 4.98 Å². The van der Waals surface area contributed by atoms with Gasteiger partial charge in [0.15, 0.2) is 5.16 Å². The number of nitrogens with zero attached hydrogens (tertiary/aromatic N) is 1. The molecule has 1 aromatic heterocycles. The van der Waals surface area contributed by atoms with Crippen molar-refractivity contribution in [1.29, 1.82) is 0 Å². The number of hydrogen-bond donors (Lipinski definition) is 3. The van der Waals surface area contributed by atoms with Gasteiger partial charge in [0.2, 0.25) is 5.91 Å². The molecule has 0 radical (unpaired) electrons. The number of carbonyl (C=O) groups excluding carboxylic acids is 2. The molecule has 7 heteroatoms. The number of imidazole rings is 1. The third-order valence-electron chi connectivity index (χ3n) is 3.51. The summed E-state index contributed by atoms with van der Waals surface area (Å²) in [7, 11) is 0. The third-order valence-corrected chi connectivity index (χ3v) is 4.47. The largest absolute Gasteiger partial charge is 0.333 e. The number of amides is 2. The number of thioether (sulfide) groups is 1. The summed E-state index contributed by atoms with van der Waals surface area (Å²) in [5.41, 5.74) is 7.29. The molecule has 0 unspecified atom stereocenters. The molecule has 0 saturated carbocycles. The minimum Gasteiger partial charge on any atom is -0.333 e. The zero-order chi connectivity index (χ0) is 17.5. The van der Waals surface area contributed by atoms with Crippen molar-refractivity contribution in [2.45, 2.75) is 18.0 Å². The number of aromatic amines is 1. The molecule has 3 N–H and O–H groups in total. The van der Waals surface area contributed by atoms with Gasteiger partial charge in [-0.25, -0.2) is 4.98 Å². The van der Waals surface area contributed by atoms with Crippen molar-refractivity contribution < 1.29 is 9.59 Å². The van der Waals surface area contributed by atoms with E-state index < -0.39 is 0 Å². The normalized spacial score (nSPS) is 10.6. The van der Waals surface area contributed by atoms with E-state index >= 15 is 0 Å². The van der Waals surface area contributed by atoms with Gasteiger partial charge in [0.1, 0.15) is 0 Å². The Hall–Kier alpha value is -2.80. The SMILES string of the molecule is O=C(CCCSc1nc2ccccc2[nH]1)NNC(=O)c1ccccc1. The van der Waals surface area contributed by atoms with Gasteiger partial charge in [0, 0.05) is 17.7 Å². The molecule has 0 bridgehead atoms. The minimum absolute atomic E-state index is 0.213. The number of aromatic nitrogens is 2. The van der Waals surface area contributed by atoms with Crippen LogP contribution in [0.3, 0.4) is 0 Å². The molecular formula is C18H18N4O2S. The van der Waals surface area contributed by atoms with E-state index in [1.165, 1.54) is 0 Å². The molecule has 25 heavy (non-hydrogen) atoms. The summed E-state index contributed by atoms with van der Waals surface area (Å²) >= 11 is 1.58. The Morgan fingerprint density at radius 3 is 2.56 bits per heavy atom. The highest BCUT2D eigenvalue weighted by atomic mass is 32.2. The van der Waals surface area contributed by atoms with Crippen LogP contribution < -0.4 is 10.9 Å². The van der Waals surface area contributed by atoms with Crippen molar-refractivity contribution in [1.82, 2.24) is 20.8 Å². The minimum atomic E-state index is -0.328. The zero-order valence-electron chi connectivity index (χ0n) is 13.5. The monoisotopic (exact) mass is 354 g/mol. The average molecular weight is 354 g/mol. The lowest BCUT2D eigenvalue weighted by Crippen LogP contribution is -2.41. The van der Waals surface area contributed by atoms with E-state index in [9.17, 15) is 9.59 Å². The first-order valence-electron chi connectivity index (χ1n) is 7.94. The summed E-state index contributed by atoms with van der Waals surface area (Å²) in [4.78, 5) is 31.3. The van der Waals surface area contributed by atoms with Crippen LogP contribution >= 0.6 is 11.8 Å². The zero-order valence-corrected chi connectivity index (χ0v) is 14.3. The highest BCUT2D eigenvalue weighted by Gasteiger charge is 2.07. The van der Waals surface area contributed by atoms with Crippen molar-refractivity contribution in [3.8, 4) is 0 Å². The number of hydrazine groups is 1. The molecule has 0 aliphatic carbocycles. The summed E-state index contributed by atoms with van der Waals surface area (Å²) in [6.07, 6.45) is 1.02. The van der Waals surface area contributed by atoms with Crippen LogP contribution in [0.5, 0.6) is 0 Å². The summed E-state index contributed by atoms with van der Waals surface area (Å²) < 4.78 is 0. The van der Waals surface area contributed by atoms with Gasteiger partial charge in [0.25, 0.3) is 5.91 Å². The highest BCUT2D eigenvalue weighted by Crippen LogP contribution is 2.19. The van der Waals surface area contributed by atoms with Crippen LogP contribution in [0.15, 0.2) is 59.8 Å². The maximum atomic E-state index is 11.8. The Morgan fingerprint density at radius 2 is 1.76 bits per heavy atom. The molecule has 3 aromatic rings. The van der Waals surface area contributed by atoms with E-state index in [-0.39, 0.29) is 11.8 Å². The lowest BCUT2D eigenvalue weighted by Gasteiger charge is -2.07. The Balaban J connectivity index is 1.36. The van der Waals surface area contributed by atoms with Crippen LogP contribution in [0.25, 0.3) is 11.0 Å². The Kier molecular flexibility index (Phi) is 5.69. The molecule has 6 nitrogen and oxygen atoms in total. The highest BCUT2D eigenvalue weighted by molar-refractivity contribution is 7.99. The van der Waals surface area contributed by atoms with E-state index in [0.29, 0.717) is 18.4 Å². The molecule has 3 rings (SSSR count). The molecule has 0 fully saturated rings. The first kappa shape index (κ1) is 17.0.